The summed E-state index contributed by atoms with van der Waals surface area (Å²) in [5.41, 5.74) is 5.51. The van der Waals surface area contributed by atoms with E-state index in [1.807, 2.05) is 0 Å². The molecule has 1 aromatic rings. The van der Waals surface area contributed by atoms with Gasteiger partial charge in [-0.25, -0.2) is 0 Å². The first-order valence-corrected chi connectivity index (χ1v) is 5.42. The summed E-state index contributed by atoms with van der Waals surface area (Å²) in [6, 6.07) is 2.90. The lowest BCUT2D eigenvalue weighted by molar-refractivity contribution is -0.334. The molecule has 102 valence electrons. The monoisotopic (exact) mass is 272 g/mol. The van der Waals surface area contributed by atoms with E-state index >= 15 is 0 Å². The van der Waals surface area contributed by atoms with Crippen LogP contribution in [0.3, 0.4) is 0 Å². The smallest absolute Gasteiger partial charge is 0.453 e. The molecule has 3 N–H and O–H groups in total. The third-order valence-electron chi connectivity index (χ3n) is 2.54. The Morgan fingerprint density at radius 1 is 1.42 bits per heavy atom. The number of nitrogens with one attached hydrogen (secondary N) is 1. The van der Waals surface area contributed by atoms with Crippen molar-refractivity contribution in [2.24, 2.45) is 5.73 Å². The maximum Gasteiger partial charge on any atom is 0.523 e. The van der Waals surface area contributed by atoms with E-state index in [1.165, 1.54) is 18.2 Å². The van der Waals surface area contributed by atoms with Crippen molar-refractivity contribution in [3.05, 3.63) is 41.9 Å². The third-order valence-corrected chi connectivity index (χ3v) is 2.54. The van der Waals surface area contributed by atoms with E-state index in [4.69, 9.17) is 15.6 Å². The van der Waals surface area contributed by atoms with Crippen molar-refractivity contribution in [2.45, 2.75) is 18.9 Å². The van der Waals surface area contributed by atoms with Gasteiger partial charge in [-0.3, -0.25) is 10.1 Å². The van der Waals surface area contributed by atoms with Gasteiger partial charge in [-0.15, -0.1) is 13.2 Å². The van der Waals surface area contributed by atoms with Gasteiger partial charge in [-0.05, 0) is 18.6 Å². The summed E-state index contributed by atoms with van der Waals surface area (Å²) in [4.78, 5) is 0. The van der Waals surface area contributed by atoms with Crippen LogP contribution in [0.2, 0.25) is 0 Å². The van der Waals surface area contributed by atoms with Crippen molar-refractivity contribution in [3.63, 3.8) is 0 Å². The summed E-state index contributed by atoms with van der Waals surface area (Å²) < 4.78 is 46.2. The zero-order valence-corrected chi connectivity index (χ0v) is 9.70. The van der Waals surface area contributed by atoms with Crippen LogP contribution in [0.1, 0.15) is 17.9 Å². The number of hydrogen-bond donors (Lipinski definition) is 2. The van der Waals surface area contributed by atoms with Gasteiger partial charge >= 0.3 is 6.36 Å². The fraction of sp³-hybridized carbons (Fsp3) is 0.250. The van der Waals surface area contributed by atoms with Gasteiger partial charge in [0, 0.05) is 5.57 Å². The summed E-state index contributed by atoms with van der Waals surface area (Å²) in [5, 5.41) is 7.20. The van der Waals surface area contributed by atoms with Crippen molar-refractivity contribution in [2.75, 3.05) is 0 Å². The van der Waals surface area contributed by atoms with Gasteiger partial charge in [-0.2, -0.15) is 0 Å². The Hall–Kier alpha value is -2.02. The quantitative estimate of drug-likeness (QED) is 0.656. The van der Waals surface area contributed by atoms with Gasteiger partial charge in [-0.1, -0.05) is 18.2 Å². The molecule has 1 aromatic heterocycles. The minimum Gasteiger partial charge on any atom is -0.453 e. The molecule has 1 aliphatic rings. The van der Waals surface area contributed by atoms with E-state index < -0.39 is 12.5 Å². The zero-order chi connectivity index (χ0) is 14.0. The van der Waals surface area contributed by atoms with E-state index in [2.05, 4.69) is 4.74 Å². The number of rotatable bonds is 3. The van der Waals surface area contributed by atoms with Crippen LogP contribution in [-0.4, -0.2) is 18.3 Å². The molecule has 0 aromatic carbocycles. The Morgan fingerprint density at radius 3 is 2.74 bits per heavy atom. The average molecular weight is 272 g/mol. The summed E-state index contributed by atoms with van der Waals surface area (Å²) in [6.07, 6.45) is -1.08. The molecule has 0 radical (unpaired) electrons. The lowest BCUT2D eigenvalue weighted by Crippen LogP contribution is -2.25. The van der Waals surface area contributed by atoms with E-state index in [-0.39, 0.29) is 29.4 Å². The first-order chi connectivity index (χ1) is 8.87. The maximum absolute atomic E-state index is 12.3. The van der Waals surface area contributed by atoms with Gasteiger partial charge in [0.25, 0.3) is 0 Å². The van der Waals surface area contributed by atoms with Crippen LogP contribution < -0.4 is 5.73 Å². The fourth-order valence-corrected chi connectivity index (χ4v) is 1.76. The molecule has 0 spiro atoms. The minimum absolute atomic E-state index is 0.0987. The summed E-state index contributed by atoms with van der Waals surface area (Å²) in [6.45, 7) is 0. The lowest BCUT2D eigenvalue weighted by Gasteiger charge is -2.21. The zero-order valence-electron chi connectivity index (χ0n) is 9.70. The number of hydrogen-bond acceptors (Lipinski definition) is 3. The van der Waals surface area contributed by atoms with Crippen LogP contribution in [0.5, 0.6) is 0 Å². The SMILES string of the molecule is N=C(N)c1ccc(C2=CC=CCC2OC(F)(F)F)o1. The first-order valence-electron chi connectivity index (χ1n) is 5.42. The number of ether oxygens (including phenoxy) is 1. The molecular weight excluding hydrogens is 261 g/mol. The van der Waals surface area contributed by atoms with E-state index in [1.54, 1.807) is 12.2 Å². The molecule has 0 amide bonds. The maximum atomic E-state index is 12.3. The Bertz CT molecular complexity index is 543. The normalized spacial score (nSPS) is 19.3. The van der Waals surface area contributed by atoms with E-state index in [0.717, 1.165) is 0 Å². The Balaban J connectivity index is 2.26. The summed E-state index contributed by atoms with van der Waals surface area (Å²) in [5.74, 6) is 0.0338. The van der Waals surface area contributed by atoms with E-state index in [0.29, 0.717) is 0 Å². The second-order valence-electron chi connectivity index (χ2n) is 3.92. The highest BCUT2D eigenvalue weighted by Gasteiger charge is 2.36. The van der Waals surface area contributed by atoms with Gasteiger partial charge in [0.1, 0.15) is 5.76 Å². The minimum atomic E-state index is -4.72. The van der Waals surface area contributed by atoms with Crippen LogP contribution in [0.15, 0.2) is 34.8 Å². The van der Waals surface area contributed by atoms with Crippen LogP contribution in [0.25, 0.3) is 5.57 Å². The molecule has 7 heteroatoms. The molecule has 0 aliphatic heterocycles. The van der Waals surface area contributed by atoms with Gasteiger partial charge in [0.2, 0.25) is 0 Å². The predicted molar refractivity (Wildman–Crippen MR) is 62.4 cm³/mol. The molecule has 0 fully saturated rings. The number of allylic oxidation sites excluding steroid dienone is 2. The molecule has 1 unspecified atom stereocenters. The molecule has 4 nitrogen and oxygen atoms in total. The van der Waals surface area contributed by atoms with Crippen LogP contribution >= 0.6 is 0 Å². The summed E-state index contributed by atoms with van der Waals surface area (Å²) >= 11 is 0. The number of halogens is 3. The standard InChI is InChI=1S/C12H11F3N2O2/c13-12(14,15)19-9-4-2-1-3-7(9)8-5-6-10(18-8)11(16)17/h1-3,5-6,9H,4H2,(H3,16,17). The van der Waals surface area contributed by atoms with Gasteiger partial charge in [0.05, 0.1) is 6.10 Å². The second kappa shape index (κ2) is 4.93. The lowest BCUT2D eigenvalue weighted by atomic mass is 9.99. The number of nitrogens with two attached hydrogens (primary N) is 1. The largest absolute Gasteiger partial charge is 0.523 e. The number of amidine groups is 1. The molecule has 1 heterocycles. The number of furan rings is 1. The van der Waals surface area contributed by atoms with Crippen molar-refractivity contribution in [1.29, 1.82) is 5.41 Å². The summed E-state index contributed by atoms with van der Waals surface area (Å²) in [7, 11) is 0. The first kappa shape index (κ1) is 13.4. The van der Waals surface area contributed by atoms with E-state index in [9.17, 15) is 13.2 Å². The third kappa shape index (κ3) is 3.25. The second-order valence-corrected chi connectivity index (χ2v) is 3.92. The molecule has 0 saturated heterocycles. The highest BCUT2D eigenvalue weighted by molar-refractivity contribution is 5.92. The van der Waals surface area contributed by atoms with Crippen molar-refractivity contribution < 1.29 is 22.3 Å². The van der Waals surface area contributed by atoms with Crippen molar-refractivity contribution >= 4 is 11.4 Å². The highest BCUT2D eigenvalue weighted by atomic mass is 19.4. The van der Waals surface area contributed by atoms with Crippen LogP contribution in [0.4, 0.5) is 13.2 Å². The topological polar surface area (TPSA) is 72.2 Å². The number of alkyl halides is 3. The van der Waals surface area contributed by atoms with Crippen LogP contribution in [0, 0.1) is 5.41 Å². The van der Waals surface area contributed by atoms with Gasteiger partial charge < -0.3 is 10.2 Å². The highest BCUT2D eigenvalue weighted by Crippen LogP contribution is 2.32. The van der Waals surface area contributed by atoms with Crippen molar-refractivity contribution in [3.8, 4) is 0 Å². The molecule has 1 aliphatic carbocycles. The Morgan fingerprint density at radius 2 is 2.16 bits per heavy atom. The fourth-order valence-electron chi connectivity index (χ4n) is 1.76. The molecule has 1 atom stereocenters. The molecule has 2 rings (SSSR count). The molecule has 0 bridgehead atoms. The van der Waals surface area contributed by atoms with Crippen LogP contribution in [-0.2, 0) is 4.74 Å². The average Bonchev–Trinajstić information content (AvgIpc) is 2.76. The predicted octanol–water partition coefficient (Wildman–Crippen LogP) is 2.81. The molecule has 19 heavy (non-hydrogen) atoms. The molecular formula is C12H11F3N2O2. The Kier molecular flexibility index (Phi) is 3.48. The molecule has 0 saturated carbocycles. The van der Waals surface area contributed by atoms with Gasteiger partial charge in [0.15, 0.2) is 11.6 Å². The number of nitrogen functional groups attached to an aromatic ring is 1. The Labute approximate surface area is 106 Å². The van der Waals surface area contributed by atoms with Crippen molar-refractivity contribution in [1.82, 2.24) is 0 Å².